The molecular weight excluding hydrogens is 362 g/mol. The summed E-state index contributed by atoms with van der Waals surface area (Å²) in [5.41, 5.74) is 0.618. The number of nitrogens with zero attached hydrogens (tertiary/aromatic N) is 1. The van der Waals surface area contributed by atoms with Gasteiger partial charge < -0.3 is 9.47 Å². The lowest BCUT2D eigenvalue weighted by molar-refractivity contribution is -0.384. The average Bonchev–Trinajstić information content (AvgIpc) is 2.73. The highest BCUT2D eigenvalue weighted by Gasteiger charge is 2.19. The van der Waals surface area contributed by atoms with Gasteiger partial charge in [0.1, 0.15) is 11.5 Å². The molecule has 0 bridgehead atoms. The smallest absolute Gasteiger partial charge is 0.343 e. The Hall–Kier alpha value is -4.00. The highest BCUT2D eigenvalue weighted by Crippen LogP contribution is 2.28. The number of nitro groups is 1. The molecule has 3 aromatic rings. The highest BCUT2D eigenvalue weighted by atomic mass is 16.6. The van der Waals surface area contributed by atoms with Crippen molar-refractivity contribution in [3.8, 4) is 11.5 Å². The predicted octanol–water partition coefficient (Wildman–Crippen LogP) is 4.05. The number of carbonyl (C=O) groups is 2. The molecule has 140 valence electrons. The molecule has 0 unspecified atom stereocenters. The molecule has 0 saturated heterocycles. The van der Waals surface area contributed by atoms with Gasteiger partial charge in [0, 0.05) is 23.8 Å². The molecule has 3 rings (SSSR count). The van der Waals surface area contributed by atoms with Crippen molar-refractivity contribution in [3.05, 3.63) is 99.6 Å². The molecule has 7 heteroatoms. The maximum Gasteiger partial charge on any atom is 0.343 e. The van der Waals surface area contributed by atoms with Crippen molar-refractivity contribution in [2.45, 2.75) is 0 Å². The molecule has 3 aromatic carbocycles. The van der Waals surface area contributed by atoms with E-state index in [0.29, 0.717) is 11.3 Å². The summed E-state index contributed by atoms with van der Waals surface area (Å²) in [6.07, 6.45) is 0. The van der Waals surface area contributed by atoms with Gasteiger partial charge in [0.25, 0.3) is 5.69 Å². The number of non-ortho nitro benzene ring substituents is 1. The van der Waals surface area contributed by atoms with E-state index >= 15 is 0 Å². The molecule has 0 heterocycles. The monoisotopic (exact) mass is 377 g/mol. The van der Waals surface area contributed by atoms with Crippen molar-refractivity contribution in [1.29, 1.82) is 0 Å². The normalized spacial score (nSPS) is 10.2. The maximum absolute atomic E-state index is 12.8. The third-order valence-electron chi connectivity index (χ3n) is 3.99. The first kappa shape index (κ1) is 18.8. The third-order valence-corrected chi connectivity index (χ3v) is 3.99. The Labute approximate surface area is 160 Å². The van der Waals surface area contributed by atoms with E-state index in [4.69, 9.17) is 9.47 Å². The van der Waals surface area contributed by atoms with Gasteiger partial charge in [-0.1, -0.05) is 30.3 Å². The fourth-order valence-electron chi connectivity index (χ4n) is 2.52. The molecule has 0 aliphatic carbocycles. The van der Waals surface area contributed by atoms with E-state index in [-0.39, 0.29) is 28.3 Å². The minimum atomic E-state index is -0.745. The molecule has 0 saturated carbocycles. The first-order valence-electron chi connectivity index (χ1n) is 8.24. The summed E-state index contributed by atoms with van der Waals surface area (Å²) >= 11 is 0. The Balaban J connectivity index is 1.92. The Bertz CT molecular complexity index is 1030. The first-order valence-corrected chi connectivity index (χ1v) is 8.24. The largest absolute Gasteiger partial charge is 0.497 e. The summed E-state index contributed by atoms with van der Waals surface area (Å²) in [6.45, 7) is 0. The van der Waals surface area contributed by atoms with Crippen LogP contribution in [0.2, 0.25) is 0 Å². The van der Waals surface area contributed by atoms with Crippen molar-refractivity contribution in [3.63, 3.8) is 0 Å². The third kappa shape index (κ3) is 4.04. The second-order valence-electron chi connectivity index (χ2n) is 5.75. The number of carbonyl (C=O) groups excluding carboxylic acids is 2. The van der Waals surface area contributed by atoms with Crippen molar-refractivity contribution in [2.24, 2.45) is 0 Å². The highest BCUT2D eigenvalue weighted by molar-refractivity contribution is 6.11. The van der Waals surface area contributed by atoms with Gasteiger partial charge in [0.15, 0.2) is 5.78 Å². The minimum Gasteiger partial charge on any atom is -0.497 e. The van der Waals surface area contributed by atoms with Crippen molar-refractivity contribution in [1.82, 2.24) is 0 Å². The minimum absolute atomic E-state index is 0.0385. The standard InChI is InChI=1S/C21H15NO6/c1-27-17-11-12-18(20(23)14-5-3-2-4-6-14)19(13-17)28-21(24)15-7-9-16(10-8-15)22(25)26/h2-13H,1H3. The molecule has 0 aromatic heterocycles. The number of benzene rings is 3. The maximum atomic E-state index is 12.8. The van der Waals surface area contributed by atoms with Crippen LogP contribution in [0.1, 0.15) is 26.3 Å². The zero-order valence-electron chi connectivity index (χ0n) is 14.8. The van der Waals surface area contributed by atoms with Crippen LogP contribution in [0.25, 0.3) is 0 Å². The number of ketones is 1. The summed E-state index contributed by atoms with van der Waals surface area (Å²) in [4.78, 5) is 35.4. The summed E-state index contributed by atoms with van der Waals surface area (Å²) in [7, 11) is 1.45. The van der Waals surface area contributed by atoms with Crippen LogP contribution in [-0.4, -0.2) is 23.8 Å². The topological polar surface area (TPSA) is 95.7 Å². The Morgan fingerprint density at radius 2 is 1.57 bits per heavy atom. The number of esters is 1. The number of nitro benzene ring substituents is 1. The van der Waals surface area contributed by atoms with E-state index in [0.717, 1.165) is 0 Å². The lowest BCUT2D eigenvalue weighted by atomic mass is 10.0. The van der Waals surface area contributed by atoms with E-state index in [1.54, 1.807) is 36.4 Å². The lowest BCUT2D eigenvalue weighted by Gasteiger charge is -2.11. The Morgan fingerprint density at radius 3 is 2.18 bits per heavy atom. The lowest BCUT2D eigenvalue weighted by Crippen LogP contribution is -2.12. The predicted molar refractivity (Wildman–Crippen MR) is 101 cm³/mol. The molecule has 0 radical (unpaired) electrons. The van der Waals surface area contributed by atoms with Gasteiger partial charge >= 0.3 is 5.97 Å². The van der Waals surface area contributed by atoms with Gasteiger partial charge in [-0.25, -0.2) is 4.79 Å². The fraction of sp³-hybridized carbons (Fsp3) is 0.0476. The molecule has 0 fully saturated rings. The molecule has 28 heavy (non-hydrogen) atoms. The fourth-order valence-corrected chi connectivity index (χ4v) is 2.52. The van der Waals surface area contributed by atoms with Gasteiger partial charge in [0.05, 0.1) is 23.2 Å². The van der Waals surface area contributed by atoms with Crippen LogP contribution in [0.15, 0.2) is 72.8 Å². The molecule has 0 atom stereocenters. The molecular formula is C21H15NO6. The van der Waals surface area contributed by atoms with E-state index in [9.17, 15) is 19.7 Å². The summed E-state index contributed by atoms with van der Waals surface area (Å²) in [5, 5.41) is 10.7. The van der Waals surface area contributed by atoms with Gasteiger partial charge in [-0.15, -0.1) is 0 Å². The number of rotatable bonds is 6. The summed E-state index contributed by atoms with van der Waals surface area (Å²) in [6, 6.07) is 18.1. The number of hydrogen-bond acceptors (Lipinski definition) is 6. The zero-order valence-corrected chi connectivity index (χ0v) is 14.8. The van der Waals surface area contributed by atoms with Crippen LogP contribution in [-0.2, 0) is 0 Å². The SMILES string of the molecule is COc1ccc(C(=O)c2ccccc2)c(OC(=O)c2ccc([N+](=O)[O-])cc2)c1. The van der Waals surface area contributed by atoms with Crippen LogP contribution in [0.5, 0.6) is 11.5 Å². The van der Waals surface area contributed by atoms with Gasteiger partial charge in [0.2, 0.25) is 0 Å². The van der Waals surface area contributed by atoms with E-state index in [2.05, 4.69) is 0 Å². The van der Waals surface area contributed by atoms with Gasteiger partial charge in [-0.2, -0.15) is 0 Å². The van der Waals surface area contributed by atoms with Crippen molar-refractivity contribution < 1.29 is 24.0 Å². The van der Waals surface area contributed by atoms with E-state index < -0.39 is 10.9 Å². The molecule has 7 nitrogen and oxygen atoms in total. The van der Waals surface area contributed by atoms with E-state index in [1.165, 1.54) is 43.5 Å². The Kier molecular flexibility index (Phi) is 5.45. The molecule has 0 amide bonds. The summed E-state index contributed by atoms with van der Waals surface area (Å²) < 4.78 is 10.6. The quantitative estimate of drug-likeness (QED) is 0.211. The van der Waals surface area contributed by atoms with Gasteiger partial charge in [-0.3, -0.25) is 14.9 Å². The molecule has 0 aliphatic rings. The number of methoxy groups -OCH3 is 1. The second-order valence-corrected chi connectivity index (χ2v) is 5.75. The van der Waals surface area contributed by atoms with Crippen LogP contribution < -0.4 is 9.47 Å². The first-order chi connectivity index (χ1) is 13.5. The number of ether oxygens (including phenoxy) is 2. The van der Waals surface area contributed by atoms with Crippen LogP contribution in [0.3, 0.4) is 0 Å². The molecule has 0 N–H and O–H groups in total. The number of hydrogen-bond donors (Lipinski definition) is 0. The van der Waals surface area contributed by atoms with E-state index in [1.807, 2.05) is 0 Å². The molecule has 0 aliphatic heterocycles. The van der Waals surface area contributed by atoms with Crippen LogP contribution in [0, 0.1) is 10.1 Å². The van der Waals surface area contributed by atoms with Gasteiger partial charge in [-0.05, 0) is 24.3 Å². The average molecular weight is 377 g/mol. The van der Waals surface area contributed by atoms with Crippen molar-refractivity contribution in [2.75, 3.05) is 7.11 Å². The summed E-state index contributed by atoms with van der Waals surface area (Å²) in [5.74, 6) is -0.604. The van der Waals surface area contributed by atoms with Crippen LogP contribution in [0.4, 0.5) is 5.69 Å². The van der Waals surface area contributed by atoms with Crippen molar-refractivity contribution >= 4 is 17.4 Å². The molecule has 0 spiro atoms. The van der Waals surface area contributed by atoms with Crippen LogP contribution >= 0.6 is 0 Å². The second kappa shape index (κ2) is 8.13. The zero-order chi connectivity index (χ0) is 20.1. The Morgan fingerprint density at radius 1 is 0.893 bits per heavy atom.